The van der Waals surface area contributed by atoms with Crippen LogP contribution >= 0.6 is 23.2 Å². The van der Waals surface area contributed by atoms with Gasteiger partial charge in [-0.05, 0) is 30.7 Å². The molecule has 6 heteroatoms. The summed E-state index contributed by atoms with van der Waals surface area (Å²) in [6, 6.07) is 12.3. The van der Waals surface area contributed by atoms with Crippen LogP contribution in [0.1, 0.15) is 39.0 Å². The van der Waals surface area contributed by atoms with E-state index in [9.17, 15) is 4.79 Å². The monoisotopic (exact) mass is 409 g/mol. The van der Waals surface area contributed by atoms with Crippen molar-refractivity contribution in [3.8, 4) is 11.5 Å². The SMILES string of the molecule is CCCCCCCOc1cccc(OCC(=O)Nc2cccc(Cl)c2Cl)c1. The van der Waals surface area contributed by atoms with Gasteiger partial charge >= 0.3 is 0 Å². The van der Waals surface area contributed by atoms with Gasteiger partial charge in [0, 0.05) is 6.07 Å². The lowest BCUT2D eigenvalue weighted by atomic mass is 10.2. The van der Waals surface area contributed by atoms with E-state index in [1.807, 2.05) is 12.1 Å². The summed E-state index contributed by atoms with van der Waals surface area (Å²) in [5.74, 6) is 0.994. The van der Waals surface area contributed by atoms with Gasteiger partial charge in [-0.1, -0.05) is 67.9 Å². The van der Waals surface area contributed by atoms with E-state index >= 15 is 0 Å². The Morgan fingerprint density at radius 2 is 1.67 bits per heavy atom. The molecule has 0 atom stereocenters. The van der Waals surface area contributed by atoms with Crippen LogP contribution in [0, 0.1) is 0 Å². The molecule has 4 nitrogen and oxygen atoms in total. The van der Waals surface area contributed by atoms with Crippen molar-refractivity contribution in [2.45, 2.75) is 39.0 Å². The number of carbonyl (C=O) groups is 1. The first-order valence-corrected chi connectivity index (χ1v) is 9.95. The summed E-state index contributed by atoms with van der Waals surface area (Å²) >= 11 is 12.0. The summed E-state index contributed by atoms with van der Waals surface area (Å²) < 4.78 is 11.3. The van der Waals surface area contributed by atoms with E-state index in [-0.39, 0.29) is 12.5 Å². The third kappa shape index (κ3) is 7.69. The van der Waals surface area contributed by atoms with Crippen molar-refractivity contribution >= 4 is 34.8 Å². The lowest BCUT2D eigenvalue weighted by Gasteiger charge is -2.11. The topological polar surface area (TPSA) is 47.6 Å². The minimum atomic E-state index is -0.318. The summed E-state index contributed by atoms with van der Waals surface area (Å²) in [5, 5.41) is 3.37. The molecule has 0 bridgehead atoms. The number of amides is 1. The fourth-order valence-corrected chi connectivity index (χ4v) is 2.83. The number of nitrogens with one attached hydrogen (secondary N) is 1. The number of hydrogen-bond acceptors (Lipinski definition) is 3. The van der Waals surface area contributed by atoms with Crippen LogP contribution in [-0.4, -0.2) is 19.1 Å². The second-order valence-electron chi connectivity index (χ2n) is 6.18. The molecule has 0 heterocycles. The van der Waals surface area contributed by atoms with Crippen molar-refractivity contribution in [2.75, 3.05) is 18.5 Å². The number of benzene rings is 2. The minimum absolute atomic E-state index is 0.136. The summed E-state index contributed by atoms with van der Waals surface area (Å²) in [4.78, 5) is 12.1. The first-order chi connectivity index (χ1) is 13.1. The molecule has 0 saturated heterocycles. The molecular formula is C21H25Cl2NO3. The average Bonchev–Trinajstić information content (AvgIpc) is 2.67. The Kier molecular flexibility index (Phi) is 9.29. The molecule has 0 aliphatic heterocycles. The normalized spacial score (nSPS) is 10.5. The summed E-state index contributed by atoms with van der Waals surface area (Å²) in [6.45, 7) is 2.75. The molecule has 0 aliphatic rings. The van der Waals surface area contributed by atoms with E-state index in [4.69, 9.17) is 32.7 Å². The van der Waals surface area contributed by atoms with E-state index < -0.39 is 0 Å². The van der Waals surface area contributed by atoms with Gasteiger partial charge < -0.3 is 14.8 Å². The quantitative estimate of drug-likeness (QED) is 0.439. The highest BCUT2D eigenvalue weighted by Crippen LogP contribution is 2.29. The maximum atomic E-state index is 12.1. The largest absolute Gasteiger partial charge is 0.493 e. The molecule has 1 N–H and O–H groups in total. The third-order valence-electron chi connectivity index (χ3n) is 3.92. The van der Waals surface area contributed by atoms with Gasteiger partial charge in [0.05, 0.1) is 22.3 Å². The van der Waals surface area contributed by atoms with Crippen molar-refractivity contribution in [1.82, 2.24) is 0 Å². The molecule has 146 valence electrons. The van der Waals surface area contributed by atoms with Crippen LogP contribution in [0.25, 0.3) is 0 Å². The van der Waals surface area contributed by atoms with Crippen molar-refractivity contribution < 1.29 is 14.3 Å². The third-order valence-corrected chi connectivity index (χ3v) is 4.74. The van der Waals surface area contributed by atoms with E-state index in [1.165, 1.54) is 25.7 Å². The lowest BCUT2D eigenvalue weighted by Crippen LogP contribution is -2.20. The molecule has 2 rings (SSSR count). The highest BCUT2D eigenvalue weighted by Gasteiger charge is 2.09. The zero-order valence-corrected chi connectivity index (χ0v) is 17.0. The maximum absolute atomic E-state index is 12.1. The number of carbonyl (C=O) groups excluding carboxylic acids is 1. The number of ether oxygens (including phenoxy) is 2. The van der Waals surface area contributed by atoms with Gasteiger partial charge in [-0.25, -0.2) is 0 Å². The van der Waals surface area contributed by atoms with Crippen LogP contribution in [0.15, 0.2) is 42.5 Å². The fraction of sp³-hybridized carbons (Fsp3) is 0.381. The van der Waals surface area contributed by atoms with Crippen molar-refractivity contribution in [1.29, 1.82) is 0 Å². The first kappa shape index (κ1) is 21.4. The van der Waals surface area contributed by atoms with Crippen molar-refractivity contribution in [3.63, 3.8) is 0 Å². The molecule has 0 unspecified atom stereocenters. The molecule has 0 saturated carbocycles. The highest BCUT2D eigenvalue weighted by atomic mass is 35.5. The molecule has 0 aromatic heterocycles. The Bertz CT molecular complexity index is 737. The number of rotatable bonds is 11. The van der Waals surface area contributed by atoms with Crippen LogP contribution in [0.3, 0.4) is 0 Å². The molecule has 2 aromatic rings. The van der Waals surface area contributed by atoms with E-state index in [1.54, 1.807) is 30.3 Å². The predicted octanol–water partition coefficient (Wildman–Crippen LogP) is 6.36. The molecular weight excluding hydrogens is 385 g/mol. The van der Waals surface area contributed by atoms with E-state index in [0.29, 0.717) is 28.1 Å². The smallest absolute Gasteiger partial charge is 0.262 e. The van der Waals surface area contributed by atoms with Gasteiger partial charge in [-0.15, -0.1) is 0 Å². The minimum Gasteiger partial charge on any atom is -0.493 e. The Labute approximate surface area is 170 Å². The number of halogens is 2. The average molecular weight is 410 g/mol. The number of anilines is 1. The molecule has 0 aliphatic carbocycles. The van der Waals surface area contributed by atoms with Crippen LogP contribution in [0.2, 0.25) is 10.0 Å². The van der Waals surface area contributed by atoms with Gasteiger partial charge in [0.15, 0.2) is 6.61 Å². The van der Waals surface area contributed by atoms with E-state index in [0.717, 1.165) is 12.2 Å². The maximum Gasteiger partial charge on any atom is 0.262 e. The summed E-state index contributed by atoms with van der Waals surface area (Å²) in [5.41, 5.74) is 0.456. The second-order valence-corrected chi connectivity index (χ2v) is 6.96. The zero-order valence-electron chi connectivity index (χ0n) is 15.5. The molecule has 0 fully saturated rings. The lowest BCUT2D eigenvalue weighted by molar-refractivity contribution is -0.118. The predicted molar refractivity (Wildman–Crippen MR) is 111 cm³/mol. The Hall–Kier alpha value is -1.91. The molecule has 0 radical (unpaired) electrons. The zero-order chi connectivity index (χ0) is 19.5. The summed E-state index contributed by atoms with van der Waals surface area (Å²) in [7, 11) is 0. The Morgan fingerprint density at radius 1 is 0.963 bits per heavy atom. The van der Waals surface area contributed by atoms with Gasteiger partial charge in [-0.3, -0.25) is 4.79 Å². The number of hydrogen-bond donors (Lipinski definition) is 1. The molecule has 0 spiro atoms. The van der Waals surface area contributed by atoms with Gasteiger partial charge in [0.25, 0.3) is 5.91 Å². The number of unbranched alkanes of at least 4 members (excludes halogenated alkanes) is 4. The standard InChI is InChI=1S/C21H25Cl2NO3/c1-2-3-4-5-6-13-26-16-9-7-10-17(14-16)27-15-20(25)24-19-12-8-11-18(22)21(19)23/h7-12,14H,2-6,13,15H2,1H3,(H,24,25). The van der Waals surface area contributed by atoms with Crippen molar-refractivity contribution in [3.05, 3.63) is 52.5 Å². The van der Waals surface area contributed by atoms with Crippen LogP contribution in [-0.2, 0) is 4.79 Å². The Balaban J connectivity index is 1.76. The summed E-state index contributed by atoms with van der Waals surface area (Å²) in [6.07, 6.45) is 5.96. The van der Waals surface area contributed by atoms with E-state index in [2.05, 4.69) is 12.2 Å². The molecule has 1 amide bonds. The van der Waals surface area contributed by atoms with Gasteiger partial charge in [0.2, 0.25) is 0 Å². The Morgan fingerprint density at radius 3 is 2.44 bits per heavy atom. The highest BCUT2D eigenvalue weighted by molar-refractivity contribution is 6.43. The van der Waals surface area contributed by atoms with Gasteiger partial charge in [0.1, 0.15) is 11.5 Å². The van der Waals surface area contributed by atoms with Crippen molar-refractivity contribution in [2.24, 2.45) is 0 Å². The second kappa shape index (κ2) is 11.7. The molecule has 2 aromatic carbocycles. The van der Waals surface area contributed by atoms with Gasteiger partial charge in [-0.2, -0.15) is 0 Å². The fourth-order valence-electron chi connectivity index (χ4n) is 2.48. The first-order valence-electron chi connectivity index (χ1n) is 9.19. The van der Waals surface area contributed by atoms with Crippen LogP contribution in [0.5, 0.6) is 11.5 Å². The van der Waals surface area contributed by atoms with Crippen LogP contribution < -0.4 is 14.8 Å². The van der Waals surface area contributed by atoms with Crippen LogP contribution in [0.4, 0.5) is 5.69 Å². The molecule has 27 heavy (non-hydrogen) atoms.